The minimum absolute atomic E-state index is 0.183. The van der Waals surface area contributed by atoms with Crippen LogP contribution in [0.25, 0.3) is 0 Å². The van der Waals surface area contributed by atoms with Gasteiger partial charge in [-0.05, 0) is 63.2 Å². The van der Waals surface area contributed by atoms with E-state index in [0.29, 0.717) is 11.8 Å². The highest BCUT2D eigenvalue weighted by Gasteiger charge is 2.26. The minimum atomic E-state index is -1.02. The van der Waals surface area contributed by atoms with Crippen molar-refractivity contribution in [1.29, 1.82) is 0 Å². The van der Waals surface area contributed by atoms with Gasteiger partial charge in [-0.25, -0.2) is 19.4 Å². The van der Waals surface area contributed by atoms with E-state index in [0.717, 1.165) is 51.4 Å². The van der Waals surface area contributed by atoms with Crippen molar-refractivity contribution < 1.29 is 38.9 Å². The summed E-state index contributed by atoms with van der Waals surface area (Å²) in [6, 6.07) is 0. The summed E-state index contributed by atoms with van der Waals surface area (Å²) in [5, 5.41) is 8.27. The lowest BCUT2D eigenvalue weighted by Gasteiger charge is -2.27. The summed E-state index contributed by atoms with van der Waals surface area (Å²) in [7, 11) is 0. The molecule has 0 unspecified atom stereocenters. The zero-order valence-electron chi connectivity index (χ0n) is 18.5. The van der Waals surface area contributed by atoms with Crippen molar-refractivity contribution in [3.63, 3.8) is 0 Å². The molecule has 2 aliphatic rings. The van der Waals surface area contributed by atoms with Crippen LogP contribution in [-0.2, 0) is 29.3 Å². The zero-order valence-corrected chi connectivity index (χ0v) is 18.5. The van der Waals surface area contributed by atoms with Crippen LogP contribution in [0.2, 0.25) is 0 Å². The van der Waals surface area contributed by atoms with Crippen LogP contribution in [0.4, 0.5) is 9.59 Å². The molecule has 0 aromatic rings. The predicted octanol–water partition coefficient (Wildman–Crippen LogP) is 6.57. The molecule has 8 heteroatoms. The minimum Gasteiger partial charge on any atom is -0.429 e. The first kappa shape index (κ1) is 24.7. The molecule has 0 N–H and O–H groups in total. The van der Waals surface area contributed by atoms with Crippen LogP contribution in [0, 0.1) is 11.8 Å². The van der Waals surface area contributed by atoms with E-state index < -0.39 is 12.3 Å². The van der Waals surface area contributed by atoms with Crippen LogP contribution in [0.1, 0.15) is 104 Å². The summed E-state index contributed by atoms with van der Waals surface area (Å²) in [6.07, 6.45) is 12.4. The largest absolute Gasteiger partial charge is 0.543 e. The Bertz CT molecular complexity index is 438. The normalized spacial score (nSPS) is 26.6. The quantitative estimate of drug-likeness (QED) is 0.157. The van der Waals surface area contributed by atoms with E-state index in [1.54, 1.807) is 0 Å². The second kappa shape index (κ2) is 14.5. The molecule has 0 saturated heterocycles. The number of hydrogen-bond acceptors (Lipinski definition) is 8. The van der Waals surface area contributed by atoms with Gasteiger partial charge in [0.05, 0.1) is 0 Å². The zero-order chi connectivity index (χ0) is 21.6. The number of carbonyl (C=O) groups is 2. The molecule has 0 amide bonds. The van der Waals surface area contributed by atoms with Crippen molar-refractivity contribution in [2.24, 2.45) is 11.8 Å². The van der Waals surface area contributed by atoms with Gasteiger partial charge in [-0.2, -0.15) is 0 Å². The summed E-state index contributed by atoms with van der Waals surface area (Å²) >= 11 is 0. The van der Waals surface area contributed by atoms with Crippen molar-refractivity contribution >= 4 is 12.3 Å². The van der Waals surface area contributed by atoms with Gasteiger partial charge in [0.2, 0.25) is 0 Å². The molecule has 2 rings (SSSR count). The van der Waals surface area contributed by atoms with E-state index in [4.69, 9.17) is 9.47 Å². The van der Waals surface area contributed by atoms with Gasteiger partial charge in [-0.1, -0.05) is 52.4 Å². The van der Waals surface area contributed by atoms with Gasteiger partial charge in [0.15, 0.2) is 0 Å². The van der Waals surface area contributed by atoms with Crippen LogP contribution in [0.5, 0.6) is 0 Å². The van der Waals surface area contributed by atoms with E-state index in [2.05, 4.69) is 33.7 Å². The lowest BCUT2D eigenvalue weighted by Crippen LogP contribution is -2.26. The Morgan fingerprint density at radius 2 is 1.00 bits per heavy atom. The Hall–Kier alpha value is -1.54. The monoisotopic (exact) mass is 430 g/mol. The fraction of sp³-hybridized carbons (Fsp3) is 0.909. The van der Waals surface area contributed by atoms with Crippen molar-refractivity contribution in [1.82, 2.24) is 0 Å². The number of carbonyl (C=O) groups excluding carboxylic acids is 2. The molecule has 0 aliphatic heterocycles. The summed E-state index contributed by atoms with van der Waals surface area (Å²) in [5.74, 6) is 1.43. The van der Waals surface area contributed by atoms with Crippen molar-refractivity contribution in [2.75, 3.05) is 0 Å². The first-order chi connectivity index (χ1) is 14.6. The predicted molar refractivity (Wildman–Crippen MR) is 108 cm³/mol. The van der Waals surface area contributed by atoms with Crippen molar-refractivity contribution in [2.45, 2.75) is 116 Å². The Labute approximate surface area is 179 Å². The summed E-state index contributed by atoms with van der Waals surface area (Å²) < 4.78 is 10.3. The number of unbranched alkanes of at least 4 members (excludes halogenated alkanes) is 2. The maximum absolute atomic E-state index is 11.6. The van der Waals surface area contributed by atoms with Crippen LogP contribution < -0.4 is 0 Å². The molecule has 0 heterocycles. The van der Waals surface area contributed by atoms with Gasteiger partial charge in [-0.3, -0.25) is 0 Å². The van der Waals surface area contributed by atoms with E-state index >= 15 is 0 Å². The van der Waals surface area contributed by atoms with Gasteiger partial charge in [0, 0.05) is 10.1 Å². The molecule has 0 aromatic carbocycles. The van der Waals surface area contributed by atoms with Gasteiger partial charge in [0.1, 0.15) is 12.2 Å². The summed E-state index contributed by atoms with van der Waals surface area (Å²) in [4.78, 5) is 31.8. The second-order valence-electron chi connectivity index (χ2n) is 8.61. The summed E-state index contributed by atoms with van der Waals surface area (Å²) in [5.41, 5.74) is 0. The highest BCUT2D eigenvalue weighted by molar-refractivity contribution is 5.59. The molecule has 174 valence electrons. The van der Waals surface area contributed by atoms with Crippen molar-refractivity contribution in [3.8, 4) is 0 Å². The Morgan fingerprint density at radius 3 is 1.33 bits per heavy atom. The van der Waals surface area contributed by atoms with Crippen LogP contribution in [0.15, 0.2) is 0 Å². The highest BCUT2D eigenvalue weighted by atomic mass is 17.7. The second-order valence-corrected chi connectivity index (χ2v) is 8.61. The Kier molecular flexibility index (Phi) is 11.9. The molecular weight excluding hydrogens is 392 g/mol. The highest BCUT2D eigenvalue weighted by Crippen LogP contribution is 2.31. The van der Waals surface area contributed by atoms with Crippen LogP contribution >= 0.6 is 0 Å². The molecule has 2 saturated carbocycles. The van der Waals surface area contributed by atoms with E-state index in [-0.39, 0.29) is 12.2 Å². The first-order valence-corrected chi connectivity index (χ1v) is 11.7. The summed E-state index contributed by atoms with van der Waals surface area (Å²) in [6.45, 7) is 4.38. The lowest BCUT2D eigenvalue weighted by atomic mass is 9.84. The molecule has 2 fully saturated rings. The van der Waals surface area contributed by atoms with E-state index in [1.165, 1.54) is 38.5 Å². The topological polar surface area (TPSA) is 89.5 Å². The lowest BCUT2D eigenvalue weighted by molar-refractivity contribution is -0.601. The van der Waals surface area contributed by atoms with Crippen molar-refractivity contribution in [3.05, 3.63) is 0 Å². The molecule has 0 aromatic heterocycles. The molecular formula is C22H38O8. The molecule has 0 spiro atoms. The fourth-order valence-electron chi connectivity index (χ4n) is 4.46. The third kappa shape index (κ3) is 9.98. The standard InChI is InChI=1S/C22H38O8/c1-3-5-7-17-9-13-19(14-10-17)25-21(23)27-29-30-28-22(24)26-20-15-11-18(12-16-20)8-6-4-2/h17-20H,3-16H2,1-2H3. The number of ether oxygens (including phenoxy) is 2. The maximum atomic E-state index is 11.6. The SMILES string of the molecule is CCCCC1CCC(OC(=O)OOOOC(=O)OC2CCC(CCCC)CC2)CC1. The molecule has 8 nitrogen and oxygen atoms in total. The third-order valence-corrected chi connectivity index (χ3v) is 6.28. The molecule has 30 heavy (non-hydrogen) atoms. The molecule has 0 atom stereocenters. The fourth-order valence-corrected chi connectivity index (χ4v) is 4.46. The van der Waals surface area contributed by atoms with Crippen LogP contribution in [0.3, 0.4) is 0 Å². The third-order valence-electron chi connectivity index (χ3n) is 6.28. The van der Waals surface area contributed by atoms with E-state index in [9.17, 15) is 9.59 Å². The molecule has 2 aliphatic carbocycles. The Balaban J connectivity index is 1.47. The molecule has 0 radical (unpaired) electrons. The van der Waals surface area contributed by atoms with Gasteiger partial charge in [-0.15, -0.1) is 0 Å². The van der Waals surface area contributed by atoms with Gasteiger partial charge >= 0.3 is 12.3 Å². The number of rotatable bonds is 11. The average Bonchev–Trinajstić information content (AvgIpc) is 2.76. The van der Waals surface area contributed by atoms with Gasteiger partial charge in [0.25, 0.3) is 0 Å². The number of hydrogen-bond donors (Lipinski definition) is 0. The van der Waals surface area contributed by atoms with E-state index in [1.807, 2.05) is 0 Å². The van der Waals surface area contributed by atoms with Gasteiger partial charge < -0.3 is 9.47 Å². The molecule has 0 bridgehead atoms. The Morgan fingerprint density at radius 1 is 0.633 bits per heavy atom. The smallest absolute Gasteiger partial charge is 0.429 e. The first-order valence-electron chi connectivity index (χ1n) is 11.7. The maximum Gasteiger partial charge on any atom is 0.543 e. The average molecular weight is 431 g/mol. The van der Waals surface area contributed by atoms with Crippen LogP contribution in [-0.4, -0.2) is 24.5 Å².